The second kappa shape index (κ2) is 6.23. The lowest BCUT2D eigenvalue weighted by Crippen LogP contribution is -2.63. The first-order valence-corrected chi connectivity index (χ1v) is 9.84. The van der Waals surface area contributed by atoms with Crippen molar-refractivity contribution in [3.05, 3.63) is 0 Å². The van der Waals surface area contributed by atoms with Crippen LogP contribution < -0.4 is 5.32 Å². The fourth-order valence-electron chi connectivity index (χ4n) is 6.22. The lowest BCUT2D eigenvalue weighted by Gasteiger charge is -2.57. The number of carbonyl (C=O) groups is 2. The smallest absolute Gasteiger partial charge is 0.328 e. The number of esters is 1. The molecule has 1 saturated heterocycles. The van der Waals surface area contributed by atoms with Crippen LogP contribution in [0.25, 0.3) is 0 Å². The molecule has 5 heteroatoms. The molecule has 5 aliphatic rings. The summed E-state index contributed by atoms with van der Waals surface area (Å²) >= 11 is 0. The molecule has 4 saturated carbocycles. The molecule has 1 N–H and O–H groups in total. The number of nitrogens with one attached hydrogen (secondary N) is 1. The standard InChI is InChI=1S/C19H30N2O3/c1-2-24-17(22)16-5-3-4-6-21(16)18(23)20-19-10-13-7-14(11-19)9-15(8-13)12-19/h13-16H,2-12H2,1H3,(H,20,23). The second-order valence-electron chi connectivity index (χ2n) is 8.59. The van der Waals surface area contributed by atoms with Gasteiger partial charge in [0.1, 0.15) is 6.04 Å². The van der Waals surface area contributed by atoms with E-state index in [1.807, 2.05) is 6.92 Å². The molecule has 5 nitrogen and oxygen atoms in total. The van der Waals surface area contributed by atoms with E-state index in [2.05, 4.69) is 5.32 Å². The Hall–Kier alpha value is -1.26. The highest BCUT2D eigenvalue weighted by Crippen LogP contribution is 2.55. The maximum atomic E-state index is 13.0. The monoisotopic (exact) mass is 334 g/mol. The molecule has 24 heavy (non-hydrogen) atoms. The first-order chi connectivity index (χ1) is 11.6. The molecule has 0 spiro atoms. The topological polar surface area (TPSA) is 58.6 Å². The van der Waals surface area contributed by atoms with Gasteiger partial charge < -0.3 is 15.0 Å². The van der Waals surface area contributed by atoms with Crippen molar-refractivity contribution in [3.8, 4) is 0 Å². The Morgan fingerprint density at radius 2 is 1.71 bits per heavy atom. The summed E-state index contributed by atoms with van der Waals surface area (Å²) in [6.07, 6.45) is 10.2. The largest absolute Gasteiger partial charge is 0.464 e. The molecule has 2 amide bonds. The normalized spacial score (nSPS) is 40.5. The Morgan fingerprint density at radius 1 is 1.08 bits per heavy atom. The highest BCUT2D eigenvalue weighted by molar-refractivity contribution is 5.84. The minimum atomic E-state index is -0.396. The van der Waals surface area contributed by atoms with Crippen LogP contribution in [0.3, 0.4) is 0 Å². The van der Waals surface area contributed by atoms with Gasteiger partial charge in [-0.15, -0.1) is 0 Å². The van der Waals surface area contributed by atoms with Crippen molar-refractivity contribution >= 4 is 12.0 Å². The number of rotatable bonds is 3. The number of nitrogens with zero attached hydrogens (tertiary/aromatic N) is 1. The number of urea groups is 1. The first-order valence-electron chi connectivity index (χ1n) is 9.84. The summed E-state index contributed by atoms with van der Waals surface area (Å²) in [5, 5.41) is 3.40. The Kier molecular flexibility index (Phi) is 4.21. The molecule has 0 radical (unpaired) electrons. The van der Waals surface area contributed by atoms with Gasteiger partial charge in [-0.25, -0.2) is 9.59 Å². The third kappa shape index (κ3) is 2.91. The maximum Gasteiger partial charge on any atom is 0.328 e. The molecule has 0 aromatic carbocycles. The van der Waals surface area contributed by atoms with Gasteiger partial charge in [0.25, 0.3) is 0 Å². The zero-order valence-electron chi connectivity index (χ0n) is 14.8. The average Bonchev–Trinajstić information content (AvgIpc) is 2.53. The van der Waals surface area contributed by atoms with Crippen LogP contribution in [0.1, 0.15) is 64.7 Å². The zero-order chi connectivity index (χ0) is 16.7. The highest BCUT2D eigenvalue weighted by atomic mass is 16.5. The maximum absolute atomic E-state index is 13.0. The molecule has 0 aromatic rings. The van der Waals surface area contributed by atoms with E-state index in [-0.39, 0.29) is 17.5 Å². The summed E-state index contributed by atoms with van der Waals surface area (Å²) < 4.78 is 5.19. The highest BCUT2D eigenvalue weighted by Gasteiger charge is 2.52. The summed E-state index contributed by atoms with van der Waals surface area (Å²) in [4.78, 5) is 27.0. The minimum absolute atomic E-state index is 0.00247. The van der Waals surface area contributed by atoms with Gasteiger partial charge in [-0.05, 0) is 82.5 Å². The second-order valence-corrected chi connectivity index (χ2v) is 8.59. The third-order valence-corrected chi connectivity index (χ3v) is 6.73. The molecule has 1 aliphatic heterocycles. The predicted molar refractivity (Wildman–Crippen MR) is 90.4 cm³/mol. The van der Waals surface area contributed by atoms with Gasteiger partial charge in [-0.3, -0.25) is 0 Å². The van der Waals surface area contributed by atoms with Crippen molar-refractivity contribution in [2.75, 3.05) is 13.2 Å². The molecule has 1 atom stereocenters. The fraction of sp³-hybridized carbons (Fsp3) is 0.895. The van der Waals surface area contributed by atoms with E-state index in [0.717, 1.165) is 56.3 Å². The summed E-state index contributed by atoms with van der Waals surface area (Å²) in [5.41, 5.74) is 0.00247. The van der Waals surface area contributed by atoms with Crippen LogP contribution in [-0.2, 0) is 9.53 Å². The number of ether oxygens (including phenoxy) is 1. The Morgan fingerprint density at radius 3 is 2.29 bits per heavy atom. The summed E-state index contributed by atoms with van der Waals surface area (Å²) in [7, 11) is 0. The number of piperidine rings is 1. The van der Waals surface area contributed by atoms with Crippen LogP contribution in [0, 0.1) is 17.8 Å². The summed E-state index contributed by atoms with van der Waals surface area (Å²) in [5.74, 6) is 2.18. The SMILES string of the molecule is CCOC(=O)C1CCCCN1C(=O)NC12CC3CC(CC(C3)C1)C2. The Bertz CT molecular complexity index is 483. The quantitative estimate of drug-likeness (QED) is 0.807. The van der Waals surface area contributed by atoms with Crippen LogP contribution >= 0.6 is 0 Å². The van der Waals surface area contributed by atoms with Crippen LogP contribution in [0.2, 0.25) is 0 Å². The van der Waals surface area contributed by atoms with Crippen molar-refractivity contribution in [2.45, 2.75) is 76.3 Å². The first kappa shape index (κ1) is 16.2. The van der Waals surface area contributed by atoms with E-state index in [4.69, 9.17) is 4.74 Å². The van der Waals surface area contributed by atoms with Gasteiger partial charge in [-0.1, -0.05) is 0 Å². The van der Waals surface area contributed by atoms with E-state index >= 15 is 0 Å². The summed E-state index contributed by atoms with van der Waals surface area (Å²) in [6.45, 7) is 2.86. The zero-order valence-corrected chi connectivity index (χ0v) is 14.8. The molecule has 134 valence electrons. The van der Waals surface area contributed by atoms with E-state index in [1.165, 1.54) is 19.3 Å². The Labute approximate surface area is 144 Å². The van der Waals surface area contributed by atoms with Crippen LogP contribution in [0.5, 0.6) is 0 Å². The number of amides is 2. The molecular weight excluding hydrogens is 304 g/mol. The van der Waals surface area contributed by atoms with Crippen LogP contribution in [0.15, 0.2) is 0 Å². The van der Waals surface area contributed by atoms with Gasteiger partial charge in [0.05, 0.1) is 6.61 Å². The van der Waals surface area contributed by atoms with E-state index in [1.54, 1.807) is 4.90 Å². The van der Waals surface area contributed by atoms with Crippen LogP contribution in [0.4, 0.5) is 4.79 Å². The van der Waals surface area contributed by atoms with Crippen molar-refractivity contribution in [1.29, 1.82) is 0 Å². The van der Waals surface area contributed by atoms with E-state index < -0.39 is 6.04 Å². The molecule has 1 heterocycles. The average molecular weight is 334 g/mol. The molecule has 4 aliphatic carbocycles. The van der Waals surface area contributed by atoms with Gasteiger partial charge in [0.15, 0.2) is 0 Å². The van der Waals surface area contributed by atoms with E-state index in [0.29, 0.717) is 13.2 Å². The van der Waals surface area contributed by atoms with Crippen molar-refractivity contribution < 1.29 is 14.3 Å². The number of hydrogen-bond donors (Lipinski definition) is 1. The lowest BCUT2D eigenvalue weighted by molar-refractivity contribution is -0.149. The molecular formula is C19H30N2O3. The van der Waals surface area contributed by atoms with Gasteiger partial charge in [-0.2, -0.15) is 0 Å². The third-order valence-electron chi connectivity index (χ3n) is 6.73. The van der Waals surface area contributed by atoms with Gasteiger partial charge in [0, 0.05) is 12.1 Å². The molecule has 1 unspecified atom stereocenters. The molecule has 5 rings (SSSR count). The minimum Gasteiger partial charge on any atom is -0.464 e. The van der Waals surface area contributed by atoms with Crippen molar-refractivity contribution in [2.24, 2.45) is 17.8 Å². The van der Waals surface area contributed by atoms with Crippen molar-refractivity contribution in [1.82, 2.24) is 10.2 Å². The van der Waals surface area contributed by atoms with Crippen molar-refractivity contribution in [3.63, 3.8) is 0 Å². The number of hydrogen-bond acceptors (Lipinski definition) is 3. The molecule has 5 fully saturated rings. The van der Waals surface area contributed by atoms with E-state index in [9.17, 15) is 9.59 Å². The summed E-state index contributed by atoms with van der Waals surface area (Å²) in [6, 6.07) is -0.428. The van der Waals surface area contributed by atoms with Crippen LogP contribution in [-0.4, -0.2) is 41.6 Å². The lowest BCUT2D eigenvalue weighted by atomic mass is 9.53. The Balaban J connectivity index is 1.45. The predicted octanol–water partition coefficient (Wildman–Crippen LogP) is 3.08. The molecule has 0 aromatic heterocycles. The number of likely N-dealkylation sites (tertiary alicyclic amines) is 1. The van der Waals surface area contributed by atoms with Gasteiger partial charge >= 0.3 is 12.0 Å². The van der Waals surface area contributed by atoms with Gasteiger partial charge in [0.2, 0.25) is 0 Å². The fourth-order valence-corrected chi connectivity index (χ4v) is 6.22. The molecule has 4 bridgehead atoms. The number of carbonyl (C=O) groups excluding carboxylic acids is 2.